The highest BCUT2D eigenvalue weighted by Gasteiger charge is 2.11. The van der Waals surface area contributed by atoms with Crippen molar-refractivity contribution in [2.75, 3.05) is 16.8 Å². The third kappa shape index (κ3) is 3.14. The molecule has 0 spiro atoms. The minimum atomic E-state index is -0.218. The molecule has 9 heteroatoms. The molecular formula is C12H11N5O2S2. The Morgan fingerprint density at radius 2 is 2.38 bits per heavy atom. The number of carbonyl (C=O) groups excluding carboxylic acids is 1. The molecule has 0 aliphatic carbocycles. The van der Waals surface area contributed by atoms with E-state index in [2.05, 4.69) is 20.4 Å². The van der Waals surface area contributed by atoms with E-state index in [1.165, 1.54) is 23.1 Å². The number of nitrogens with two attached hydrogens (primary N) is 1. The van der Waals surface area contributed by atoms with Crippen LogP contribution in [0.4, 0.5) is 11.7 Å². The predicted octanol–water partition coefficient (Wildman–Crippen LogP) is 2.30. The number of rotatable bonds is 4. The Hall–Kier alpha value is -2.13. The summed E-state index contributed by atoms with van der Waals surface area (Å²) in [4.78, 5) is 21.1. The lowest BCUT2D eigenvalue weighted by Crippen LogP contribution is -2.13. The van der Waals surface area contributed by atoms with Crippen molar-refractivity contribution in [1.29, 1.82) is 0 Å². The molecule has 3 heterocycles. The van der Waals surface area contributed by atoms with Gasteiger partial charge in [0.2, 0.25) is 11.8 Å². The number of anilines is 2. The molecule has 0 radical (unpaired) electrons. The Morgan fingerprint density at radius 1 is 1.52 bits per heavy atom. The Labute approximate surface area is 127 Å². The Balaban J connectivity index is 1.64. The molecule has 21 heavy (non-hydrogen) atoms. The van der Waals surface area contributed by atoms with Gasteiger partial charge in [-0.15, -0.1) is 11.3 Å². The van der Waals surface area contributed by atoms with Gasteiger partial charge in [-0.25, -0.2) is 9.97 Å². The molecule has 7 nitrogen and oxygen atoms in total. The van der Waals surface area contributed by atoms with Crippen LogP contribution >= 0.6 is 23.1 Å². The van der Waals surface area contributed by atoms with Crippen LogP contribution in [0.1, 0.15) is 5.69 Å². The van der Waals surface area contributed by atoms with E-state index in [1.807, 2.05) is 11.4 Å². The largest absolute Gasteiger partial charge is 0.383 e. The minimum Gasteiger partial charge on any atom is -0.383 e. The summed E-state index contributed by atoms with van der Waals surface area (Å²) in [5.74, 6) is 0.697. The number of thioether (sulfide) groups is 1. The zero-order chi connectivity index (χ0) is 14.8. The van der Waals surface area contributed by atoms with E-state index in [0.29, 0.717) is 22.6 Å². The molecule has 3 aromatic rings. The number of nitrogen functional groups attached to an aromatic ring is 1. The lowest BCUT2D eigenvalue weighted by atomic mass is 10.4. The van der Waals surface area contributed by atoms with Crippen LogP contribution in [0.25, 0.3) is 10.2 Å². The molecule has 0 atom stereocenters. The first-order valence-corrected chi connectivity index (χ1v) is 7.85. The van der Waals surface area contributed by atoms with Gasteiger partial charge in [0, 0.05) is 6.07 Å². The summed E-state index contributed by atoms with van der Waals surface area (Å²) in [6.07, 6.45) is 0. The highest BCUT2D eigenvalue weighted by atomic mass is 32.2. The lowest BCUT2D eigenvalue weighted by molar-refractivity contribution is -0.113. The SMILES string of the molecule is Cc1cc(NC(=O)CSc2nc(N)c3ccsc3n2)on1. The average Bonchev–Trinajstić information content (AvgIpc) is 3.06. The average molecular weight is 321 g/mol. The molecule has 0 fully saturated rings. The maximum absolute atomic E-state index is 11.8. The summed E-state index contributed by atoms with van der Waals surface area (Å²) in [6, 6.07) is 3.53. The van der Waals surface area contributed by atoms with Crippen molar-refractivity contribution in [3.05, 3.63) is 23.2 Å². The van der Waals surface area contributed by atoms with E-state index in [9.17, 15) is 4.79 Å². The van der Waals surface area contributed by atoms with Gasteiger partial charge >= 0.3 is 0 Å². The Morgan fingerprint density at radius 3 is 3.14 bits per heavy atom. The van der Waals surface area contributed by atoms with Crippen molar-refractivity contribution in [2.24, 2.45) is 0 Å². The lowest BCUT2D eigenvalue weighted by Gasteiger charge is -2.02. The number of fused-ring (bicyclic) bond motifs is 1. The van der Waals surface area contributed by atoms with Gasteiger partial charge in [0.1, 0.15) is 10.6 Å². The van der Waals surface area contributed by atoms with Crippen LogP contribution < -0.4 is 11.1 Å². The number of nitrogens with one attached hydrogen (secondary N) is 1. The van der Waals surface area contributed by atoms with Crippen LogP contribution in [-0.2, 0) is 4.79 Å². The molecule has 0 bridgehead atoms. The van der Waals surface area contributed by atoms with Gasteiger partial charge in [-0.05, 0) is 18.4 Å². The van der Waals surface area contributed by atoms with Crippen LogP contribution in [-0.4, -0.2) is 26.8 Å². The number of amides is 1. The van der Waals surface area contributed by atoms with Crippen molar-refractivity contribution < 1.29 is 9.32 Å². The van der Waals surface area contributed by atoms with E-state index in [-0.39, 0.29) is 11.7 Å². The number of nitrogens with zero attached hydrogens (tertiary/aromatic N) is 3. The van der Waals surface area contributed by atoms with Crippen LogP contribution in [0.15, 0.2) is 27.2 Å². The third-order valence-electron chi connectivity index (χ3n) is 2.56. The van der Waals surface area contributed by atoms with Crippen molar-refractivity contribution in [3.63, 3.8) is 0 Å². The first-order valence-electron chi connectivity index (χ1n) is 5.98. The molecule has 0 saturated heterocycles. The van der Waals surface area contributed by atoms with Crippen molar-refractivity contribution in [3.8, 4) is 0 Å². The number of aryl methyl sites for hydroxylation is 1. The fraction of sp³-hybridized carbons (Fsp3) is 0.167. The molecule has 0 aliphatic rings. The Kier molecular flexibility index (Phi) is 3.76. The molecule has 0 aromatic carbocycles. The van der Waals surface area contributed by atoms with E-state index in [4.69, 9.17) is 10.3 Å². The molecule has 3 rings (SSSR count). The van der Waals surface area contributed by atoms with Crippen molar-refractivity contribution in [2.45, 2.75) is 12.1 Å². The van der Waals surface area contributed by atoms with E-state index >= 15 is 0 Å². The molecule has 1 amide bonds. The Bertz CT molecular complexity index is 798. The van der Waals surface area contributed by atoms with Gasteiger partial charge in [-0.1, -0.05) is 16.9 Å². The van der Waals surface area contributed by atoms with Crippen LogP contribution in [0, 0.1) is 6.92 Å². The second-order valence-electron chi connectivity index (χ2n) is 4.20. The number of hydrogen-bond acceptors (Lipinski definition) is 8. The summed E-state index contributed by atoms with van der Waals surface area (Å²) in [5.41, 5.74) is 6.56. The number of thiophene rings is 1. The molecule has 3 aromatic heterocycles. The summed E-state index contributed by atoms with van der Waals surface area (Å²) < 4.78 is 4.91. The van der Waals surface area contributed by atoms with Gasteiger partial charge in [-0.3, -0.25) is 10.1 Å². The van der Waals surface area contributed by atoms with Gasteiger partial charge in [0.25, 0.3) is 0 Å². The molecule has 3 N–H and O–H groups in total. The standard InChI is InChI=1S/C12H11N5O2S2/c1-6-4-9(19-17-6)14-8(18)5-21-12-15-10(13)7-2-3-20-11(7)16-12/h2-4H,5H2,1H3,(H,14,18)(H2,13,15,16). The van der Waals surface area contributed by atoms with E-state index in [0.717, 1.165) is 10.2 Å². The summed E-state index contributed by atoms with van der Waals surface area (Å²) in [7, 11) is 0. The van der Waals surface area contributed by atoms with Gasteiger partial charge < -0.3 is 10.3 Å². The topological polar surface area (TPSA) is 107 Å². The fourth-order valence-electron chi connectivity index (χ4n) is 1.65. The quantitative estimate of drug-likeness (QED) is 0.561. The number of hydrogen-bond donors (Lipinski definition) is 2. The summed E-state index contributed by atoms with van der Waals surface area (Å²) >= 11 is 2.70. The van der Waals surface area contributed by atoms with Crippen LogP contribution in [0.3, 0.4) is 0 Å². The first kappa shape index (κ1) is 13.8. The molecular weight excluding hydrogens is 310 g/mol. The van der Waals surface area contributed by atoms with E-state index < -0.39 is 0 Å². The molecule has 108 valence electrons. The predicted molar refractivity (Wildman–Crippen MR) is 82.4 cm³/mol. The van der Waals surface area contributed by atoms with Gasteiger partial charge in [-0.2, -0.15) is 0 Å². The van der Waals surface area contributed by atoms with Gasteiger partial charge in [0.15, 0.2) is 5.16 Å². The van der Waals surface area contributed by atoms with Crippen molar-refractivity contribution in [1.82, 2.24) is 15.1 Å². The second kappa shape index (κ2) is 5.70. The fourth-order valence-corrected chi connectivity index (χ4v) is 3.13. The highest BCUT2D eigenvalue weighted by molar-refractivity contribution is 7.99. The van der Waals surface area contributed by atoms with Crippen LogP contribution in [0.5, 0.6) is 0 Å². The zero-order valence-corrected chi connectivity index (χ0v) is 12.6. The second-order valence-corrected chi connectivity index (χ2v) is 6.04. The maximum atomic E-state index is 11.8. The first-order chi connectivity index (χ1) is 10.1. The summed E-state index contributed by atoms with van der Waals surface area (Å²) in [6.45, 7) is 1.78. The third-order valence-corrected chi connectivity index (χ3v) is 4.21. The monoisotopic (exact) mass is 321 g/mol. The maximum Gasteiger partial charge on any atom is 0.237 e. The number of aromatic nitrogens is 3. The minimum absolute atomic E-state index is 0.163. The van der Waals surface area contributed by atoms with Crippen LogP contribution in [0.2, 0.25) is 0 Å². The smallest absolute Gasteiger partial charge is 0.237 e. The number of carbonyl (C=O) groups is 1. The highest BCUT2D eigenvalue weighted by Crippen LogP contribution is 2.26. The molecule has 0 saturated carbocycles. The zero-order valence-electron chi connectivity index (χ0n) is 11.0. The van der Waals surface area contributed by atoms with E-state index in [1.54, 1.807) is 13.0 Å². The normalized spacial score (nSPS) is 10.9. The molecule has 0 aliphatic heterocycles. The molecule has 0 unspecified atom stereocenters. The van der Waals surface area contributed by atoms with Gasteiger partial charge in [0.05, 0.1) is 16.8 Å². The van der Waals surface area contributed by atoms with Crippen molar-refractivity contribution >= 4 is 50.9 Å². The summed E-state index contributed by atoms with van der Waals surface area (Å²) in [5, 5.41) is 9.52.